The topological polar surface area (TPSA) is 46.0 Å². The molecule has 2 aliphatic heterocycles. The zero-order valence-corrected chi connectivity index (χ0v) is 19.3. The third-order valence-electron chi connectivity index (χ3n) is 6.81. The average molecular weight is 480 g/mol. The van der Waals surface area contributed by atoms with E-state index in [1.807, 2.05) is 4.68 Å². The third-order valence-corrected chi connectivity index (χ3v) is 6.81. The van der Waals surface area contributed by atoms with Crippen LogP contribution < -0.4 is 9.64 Å². The van der Waals surface area contributed by atoms with E-state index in [4.69, 9.17) is 9.84 Å². The standard InChI is InChI=1S/C24H32F3N5O2/c25-24(26,27)34-22-5-3-20(4-6-22)32-21(17-19-1-2-19)18-23(28-32)31-11-9-29(10-12-31)7-8-30-13-15-33-16-14-30/h3-6,18-19H,1-2,7-17H2. The van der Waals surface area contributed by atoms with Gasteiger partial charge < -0.3 is 14.4 Å². The molecule has 0 bridgehead atoms. The number of alkyl halides is 3. The molecule has 1 aliphatic carbocycles. The predicted molar refractivity (Wildman–Crippen MR) is 123 cm³/mol. The van der Waals surface area contributed by atoms with Crippen molar-refractivity contribution in [3.8, 4) is 11.4 Å². The zero-order chi connectivity index (χ0) is 23.5. The summed E-state index contributed by atoms with van der Waals surface area (Å²) in [6.07, 6.45) is -1.31. The van der Waals surface area contributed by atoms with Gasteiger partial charge in [-0.05, 0) is 49.4 Å². The Labute approximate surface area is 198 Å². The monoisotopic (exact) mass is 479 g/mol. The van der Waals surface area contributed by atoms with Crippen LogP contribution in [0.5, 0.6) is 5.75 Å². The molecule has 0 atom stereocenters. The van der Waals surface area contributed by atoms with Gasteiger partial charge in [-0.2, -0.15) is 5.10 Å². The highest BCUT2D eigenvalue weighted by molar-refractivity contribution is 5.46. The fourth-order valence-corrected chi connectivity index (χ4v) is 4.64. The number of hydrogen-bond donors (Lipinski definition) is 0. The van der Waals surface area contributed by atoms with E-state index in [0.717, 1.165) is 89.2 Å². The molecule has 1 saturated carbocycles. The largest absolute Gasteiger partial charge is 0.573 e. The lowest BCUT2D eigenvalue weighted by molar-refractivity contribution is -0.274. The van der Waals surface area contributed by atoms with E-state index in [1.54, 1.807) is 12.1 Å². The molecule has 0 unspecified atom stereocenters. The highest BCUT2D eigenvalue weighted by Gasteiger charge is 2.31. The van der Waals surface area contributed by atoms with Gasteiger partial charge in [-0.15, -0.1) is 13.2 Å². The number of ether oxygens (including phenoxy) is 2. The van der Waals surface area contributed by atoms with E-state index in [0.29, 0.717) is 5.92 Å². The van der Waals surface area contributed by atoms with E-state index in [9.17, 15) is 13.2 Å². The smallest absolute Gasteiger partial charge is 0.406 e. The summed E-state index contributed by atoms with van der Waals surface area (Å²) < 4.78 is 48.8. The summed E-state index contributed by atoms with van der Waals surface area (Å²) >= 11 is 0. The molecular weight excluding hydrogens is 447 g/mol. The Bertz CT molecular complexity index is 931. The number of benzene rings is 1. The molecule has 0 radical (unpaired) electrons. The summed E-state index contributed by atoms with van der Waals surface area (Å²) in [6, 6.07) is 8.12. The first-order chi connectivity index (χ1) is 16.4. The molecule has 2 aromatic rings. The minimum Gasteiger partial charge on any atom is -0.406 e. The molecule has 7 nitrogen and oxygen atoms in total. The highest BCUT2D eigenvalue weighted by atomic mass is 19.4. The number of rotatable bonds is 8. The van der Waals surface area contributed by atoms with Crippen molar-refractivity contribution in [2.75, 3.05) is 70.5 Å². The van der Waals surface area contributed by atoms with Crippen molar-refractivity contribution >= 4 is 5.82 Å². The Morgan fingerprint density at radius 1 is 0.912 bits per heavy atom. The maximum Gasteiger partial charge on any atom is 0.573 e. The number of nitrogens with zero attached hydrogens (tertiary/aromatic N) is 5. The second-order valence-electron chi connectivity index (χ2n) is 9.38. The van der Waals surface area contributed by atoms with Crippen LogP contribution >= 0.6 is 0 Å². The van der Waals surface area contributed by atoms with Gasteiger partial charge in [0.2, 0.25) is 0 Å². The van der Waals surface area contributed by atoms with Gasteiger partial charge in [-0.25, -0.2) is 4.68 Å². The maximum atomic E-state index is 12.5. The molecule has 1 aromatic carbocycles. The van der Waals surface area contributed by atoms with Crippen LogP contribution in [0.3, 0.4) is 0 Å². The van der Waals surface area contributed by atoms with Gasteiger partial charge in [0, 0.05) is 64.1 Å². The van der Waals surface area contributed by atoms with Crippen molar-refractivity contribution in [3.63, 3.8) is 0 Å². The van der Waals surface area contributed by atoms with Crippen LogP contribution in [-0.4, -0.2) is 91.5 Å². The molecule has 1 aromatic heterocycles. The lowest BCUT2D eigenvalue weighted by Gasteiger charge is -2.36. The van der Waals surface area contributed by atoms with Crippen molar-refractivity contribution in [1.29, 1.82) is 0 Å². The quantitative estimate of drug-likeness (QED) is 0.580. The van der Waals surface area contributed by atoms with Gasteiger partial charge in [0.25, 0.3) is 0 Å². The fraction of sp³-hybridized carbons (Fsp3) is 0.625. The SMILES string of the molecule is FC(F)(F)Oc1ccc(-n2nc(N3CCN(CCN4CCOCC4)CC3)cc2CC2CC2)cc1. The number of piperazine rings is 1. The van der Waals surface area contributed by atoms with E-state index >= 15 is 0 Å². The summed E-state index contributed by atoms with van der Waals surface area (Å²) in [4.78, 5) is 7.29. The van der Waals surface area contributed by atoms with Crippen LogP contribution in [0.2, 0.25) is 0 Å². The van der Waals surface area contributed by atoms with Crippen molar-refractivity contribution in [1.82, 2.24) is 19.6 Å². The number of halogens is 3. The molecule has 3 aliphatic rings. The van der Waals surface area contributed by atoms with Gasteiger partial charge in [0.1, 0.15) is 5.75 Å². The Kier molecular flexibility index (Phi) is 6.99. The molecule has 3 fully saturated rings. The molecule has 3 heterocycles. The summed E-state index contributed by atoms with van der Waals surface area (Å²) in [5, 5.41) is 4.87. The molecule has 10 heteroatoms. The van der Waals surface area contributed by atoms with Crippen molar-refractivity contribution in [3.05, 3.63) is 36.0 Å². The Morgan fingerprint density at radius 3 is 2.18 bits per heavy atom. The summed E-state index contributed by atoms with van der Waals surface area (Å²) in [7, 11) is 0. The van der Waals surface area contributed by atoms with Gasteiger partial charge in [-0.1, -0.05) is 0 Å². The van der Waals surface area contributed by atoms with Gasteiger partial charge in [0.15, 0.2) is 5.82 Å². The van der Waals surface area contributed by atoms with E-state index in [2.05, 4.69) is 25.5 Å². The first-order valence-electron chi connectivity index (χ1n) is 12.2. The minimum atomic E-state index is -4.69. The lowest BCUT2D eigenvalue weighted by Crippen LogP contribution is -2.49. The van der Waals surface area contributed by atoms with Crippen molar-refractivity contribution in [2.45, 2.75) is 25.6 Å². The summed E-state index contributed by atoms with van der Waals surface area (Å²) in [5.74, 6) is 1.40. The van der Waals surface area contributed by atoms with Crippen molar-refractivity contribution in [2.24, 2.45) is 5.92 Å². The predicted octanol–water partition coefficient (Wildman–Crippen LogP) is 3.18. The van der Waals surface area contributed by atoms with Gasteiger partial charge in [-0.3, -0.25) is 9.80 Å². The number of hydrogen-bond acceptors (Lipinski definition) is 6. The van der Waals surface area contributed by atoms with E-state index in [-0.39, 0.29) is 5.75 Å². The second-order valence-corrected chi connectivity index (χ2v) is 9.38. The Balaban J connectivity index is 1.22. The molecule has 186 valence electrons. The third kappa shape index (κ3) is 6.22. The van der Waals surface area contributed by atoms with E-state index < -0.39 is 6.36 Å². The average Bonchev–Trinajstić information content (AvgIpc) is 3.55. The summed E-state index contributed by atoms with van der Waals surface area (Å²) in [6.45, 7) is 9.68. The minimum absolute atomic E-state index is 0.222. The van der Waals surface area contributed by atoms with Crippen LogP contribution in [0.25, 0.3) is 5.69 Å². The van der Waals surface area contributed by atoms with Gasteiger partial charge >= 0.3 is 6.36 Å². The van der Waals surface area contributed by atoms with Gasteiger partial charge in [0.05, 0.1) is 18.9 Å². The second kappa shape index (κ2) is 10.1. The first-order valence-corrected chi connectivity index (χ1v) is 12.2. The first kappa shape index (κ1) is 23.4. The van der Waals surface area contributed by atoms with Crippen LogP contribution in [0.1, 0.15) is 18.5 Å². The van der Waals surface area contributed by atoms with E-state index in [1.165, 1.54) is 25.0 Å². The summed E-state index contributed by atoms with van der Waals surface area (Å²) in [5.41, 5.74) is 1.86. The molecular formula is C24H32F3N5O2. The fourth-order valence-electron chi connectivity index (χ4n) is 4.64. The molecule has 0 N–H and O–H groups in total. The highest BCUT2D eigenvalue weighted by Crippen LogP contribution is 2.34. The number of aromatic nitrogens is 2. The normalized spacial score (nSPS) is 20.6. The Hall–Kier alpha value is -2.30. The van der Waals surface area contributed by atoms with Crippen molar-refractivity contribution < 1.29 is 22.6 Å². The molecule has 0 spiro atoms. The zero-order valence-electron chi connectivity index (χ0n) is 19.3. The molecule has 2 saturated heterocycles. The molecule has 5 rings (SSSR count). The number of morpholine rings is 1. The van der Waals surface area contributed by atoms with Crippen LogP contribution in [-0.2, 0) is 11.2 Å². The maximum absolute atomic E-state index is 12.5. The molecule has 0 amide bonds. The Morgan fingerprint density at radius 2 is 1.56 bits per heavy atom. The number of anilines is 1. The van der Waals surface area contributed by atoms with Crippen LogP contribution in [0, 0.1) is 5.92 Å². The molecule has 34 heavy (non-hydrogen) atoms. The van der Waals surface area contributed by atoms with Crippen LogP contribution in [0.15, 0.2) is 30.3 Å². The lowest BCUT2D eigenvalue weighted by atomic mass is 10.2. The van der Waals surface area contributed by atoms with Crippen LogP contribution in [0.4, 0.5) is 19.0 Å².